The highest BCUT2D eigenvalue weighted by molar-refractivity contribution is 7.92. The van der Waals surface area contributed by atoms with Gasteiger partial charge in [-0.15, -0.1) is 0 Å². The predicted molar refractivity (Wildman–Crippen MR) is 182 cm³/mol. The Hall–Kier alpha value is -4.63. The van der Waals surface area contributed by atoms with Gasteiger partial charge in [-0.3, -0.25) is 13.9 Å². The highest BCUT2D eigenvalue weighted by atomic mass is 32.2. The minimum Gasteiger partial charge on any atom is -0.494 e. The summed E-state index contributed by atoms with van der Waals surface area (Å²) in [5.74, 6) is -0.248. The monoisotopic (exact) mass is 641 g/mol. The van der Waals surface area contributed by atoms with E-state index >= 15 is 0 Å². The van der Waals surface area contributed by atoms with Crippen LogP contribution in [-0.4, -0.2) is 50.4 Å². The van der Waals surface area contributed by atoms with Gasteiger partial charge in [-0.2, -0.15) is 0 Å². The van der Waals surface area contributed by atoms with Crippen LogP contribution in [-0.2, 0) is 32.6 Å². The first-order valence-electron chi connectivity index (χ1n) is 15.6. The SMILES string of the molecule is CCOc1ccc(S(=O)(=O)N(CC(=O)N(Cc2ccc(C)cc2)[C@H](Cc2ccccc2)C(=O)N[C@H](C)CC)c2ccccc2)cc1. The highest BCUT2D eigenvalue weighted by Crippen LogP contribution is 2.26. The molecule has 1 N–H and O–H groups in total. The summed E-state index contributed by atoms with van der Waals surface area (Å²) in [7, 11) is -4.19. The number of carbonyl (C=O) groups is 2. The summed E-state index contributed by atoms with van der Waals surface area (Å²) in [5.41, 5.74) is 3.11. The number of aryl methyl sites for hydroxylation is 1. The average molecular weight is 642 g/mol. The molecule has 0 saturated heterocycles. The molecule has 0 bridgehead atoms. The number of benzene rings is 4. The van der Waals surface area contributed by atoms with Gasteiger partial charge >= 0.3 is 0 Å². The van der Waals surface area contributed by atoms with Crippen LogP contribution in [0, 0.1) is 6.92 Å². The summed E-state index contributed by atoms with van der Waals surface area (Å²) in [5, 5.41) is 3.06. The van der Waals surface area contributed by atoms with Crippen molar-refractivity contribution >= 4 is 27.5 Å². The van der Waals surface area contributed by atoms with E-state index in [2.05, 4.69) is 5.32 Å². The molecule has 9 heteroatoms. The quantitative estimate of drug-likeness (QED) is 0.168. The summed E-state index contributed by atoms with van der Waals surface area (Å²) in [6, 6.07) is 31.0. The van der Waals surface area contributed by atoms with E-state index < -0.39 is 28.5 Å². The number of hydrogen-bond donors (Lipinski definition) is 1. The van der Waals surface area contributed by atoms with Gasteiger partial charge in [-0.05, 0) is 74.7 Å². The fourth-order valence-corrected chi connectivity index (χ4v) is 6.42. The van der Waals surface area contributed by atoms with Gasteiger partial charge in [-0.1, -0.05) is 85.3 Å². The minimum atomic E-state index is -4.19. The van der Waals surface area contributed by atoms with Crippen molar-refractivity contribution in [2.45, 2.75) is 64.1 Å². The molecule has 0 saturated carbocycles. The molecule has 4 rings (SSSR count). The van der Waals surface area contributed by atoms with Crippen LogP contribution in [0.4, 0.5) is 5.69 Å². The van der Waals surface area contributed by atoms with Gasteiger partial charge in [0.1, 0.15) is 18.3 Å². The molecule has 2 amide bonds. The third-order valence-electron chi connectivity index (χ3n) is 7.79. The molecule has 4 aromatic carbocycles. The molecule has 0 fully saturated rings. The van der Waals surface area contributed by atoms with Gasteiger partial charge in [0.05, 0.1) is 17.2 Å². The molecule has 0 aliphatic carbocycles. The average Bonchev–Trinajstić information content (AvgIpc) is 3.07. The molecule has 0 radical (unpaired) electrons. The van der Waals surface area contributed by atoms with Crippen molar-refractivity contribution in [2.75, 3.05) is 17.5 Å². The van der Waals surface area contributed by atoms with E-state index in [0.29, 0.717) is 18.0 Å². The molecule has 0 aliphatic rings. The van der Waals surface area contributed by atoms with Crippen LogP contribution in [0.5, 0.6) is 5.75 Å². The van der Waals surface area contributed by atoms with Crippen LogP contribution in [0.3, 0.4) is 0 Å². The van der Waals surface area contributed by atoms with E-state index in [0.717, 1.165) is 27.4 Å². The third kappa shape index (κ3) is 8.97. The Bertz CT molecular complexity index is 1660. The van der Waals surface area contributed by atoms with Gasteiger partial charge in [-0.25, -0.2) is 8.42 Å². The Morgan fingerprint density at radius 2 is 1.41 bits per heavy atom. The van der Waals surface area contributed by atoms with Crippen LogP contribution >= 0.6 is 0 Å². The number of carbonyl (C=O) groups excluding carboxylic acids is 2. The number of amides is 2. The Kier molecular flexibility index (Phi) is 12.0. The molecule has 0 heterocycles. The Labute approximate surface area is 273 Å². The number of ether oxygens (including phenoxy) is 1. The highest BCUT2D eigenvalue weighted by Gasteiger charge is 2.35. The summed E-state index contributed by atoms with van der Waals surface area (Å²) < 4.78 is 35.0. The maximum Gasteiger partial charge on any atom is 0.264 e. The lowest BCUT2D eigenvalue weighted by molar-refractivity contribution is -0.140. The van der Waals surface area contributed by atoms with E-state index in [1.54, 1.807) is 42.5 Å². The molecule has 242 valence electrons. The van der Waals surface area contributed by atoms with Gasteiger partial charge in [0.25, 0.3) is 10.0 Å². The first kappa shape index (κ1) is 34.2. The molecule has 8 nitrogen and oxygen atoms in total. The number of para-hydroxylation sites is 1. The number of nitrogens with one attached hydrogen (secondary N) is 1. The number of rotatable bonds is 15. The van der Waals surface area contributed by atoms with Crippen molar-refractivity contribution in [2.24, 2.45) is 0 Å². The zero-order chi connectivity index (χ0) is 33.1. The second-order valence-electron chi connectivity index (χ2n) is 11.3. The molecule has 4 aromatic rings. The van der Waals surface area contributed by atoms with Crippen molar-refractivity contribution in [1.82, 2.24) is 10.2 Å². The smallest absolute Gasteiger partial charge is 0.264 e. The Morgan fingerprint density at radius 1 is 0.804 bits per heavy atom. The molecule has 46 heavy (non-hydrogen) atoms. The molecular formula is C37H43N3O5S. The zero-order valence-electron chi connectivity index (χ0n) is 26.9. The first-order valence-corrected chi connectivity index (χ1v) is 17.1. The molecule has 0 unspecified atom stereocenters. The van der Waals surface area contributed by atoms with Crippen LogP contribution in [0.25, 0.3) is 0 Å². The third-order valence-corrected chi connectivity index (χ3v) is 9.58. The Balaban J connectivity index is 1.77. The lowest BCUT2D eigenvalue weighted by Crippen LogP contribution is -2.54. The second-order valence-corrected chi connectivity index (χ2v) is 13.1. The van der Waals surface area contributed by atoms with Crippen molar-refractivity contribution < 1.29 is 22.7 Å². The van der Waals surface area contributed by atoms with E-state index in [9.17, 15) is 18.0 Å². The fraction of sp³-hybridized carbons (Fsp3) is 0.297. The number of sulfonamides is 1. The molecular weight excluding hydrogens is 598 g/mol. The van der Waals surface area contributed by atoms with Crippen LogP contribution in [0.1, 0.15) is 43.9 Å². The molecule has 0 aromatic heterocycles. The van der Waals surface area contributed by atoms with Gasteiger partial charge in [0.2, 0.25) is 11.8 Å². The fourth-order valence-electron chi connectivity index (χ4n) is 5.01. The van der Waals surface area contributed by atoms with Crippen LogP contribution in [0.15, 0.2) is 114 Å². The van der Waals surface area contributed by atoms with E-state index in [1.165, 1.54) is 17.0 Å². The van der Waals surface area contributed by atoms with Crippen LogP contribution in [0.2, 0.25) is 0 Å². The van der Waals surface area contributed by atoms with Gasteiger partial charge in [0.15, 0.2) is 0 Å². The minimum absolute atomic E-state index is 0.0213. The number of hydrogen-bond acceptors (Lipinski definition) is 5. The number of anilines is 1. The summed E-state index contributed by atoms with van der Waals surface area (Å²) in [6.07, 6.45) is 0.982. The molecule has 0 aliphatic heterocycles. The summed E-state index contributed by atoms with van der Waals surface area (Å²) in [4.78, 5) is 30.0. The van der Waals surface area contributed by atoms with Crippen LogP contribution < -0.4 is 14.4 Å². The Morgan fingerprint density at radius 3 is 2.00 bits per heavy atom. The maximum absolute atomic E-state index is 14.5. The van der Waals surface area contributed by atoms with Crippen molar-refractivity contribution in [3.8, 4) is 5.75 Å². The molecule has 2 atom stereocenters. The van der Waals surface area contributed by atoms with E-state index in [1.807, 2.05) is 82.3 Å². The number of nitrogens with zero attached hydrogens (tertiary/aromatic N) is 2. The standard InChI is InChI=1S/C37H43N3O5S/c1-5-29(4)38-37(42)35(25-30-13-9-7-10-14-30)39(26-31-19-17-28(3)18-20-31)36(41)27-40(32-15-11-8-12-16-32)46(43,44)34-23-21-33(22-24-34)45-6-2/h7-24,29,35H,5-6,25-27H2,1-4H3,(H,38,42)/t29-,35-/m1/s1. The van der Waals surface area contributed by atoms with Crippen molar-refractivity contribution in [3.05, 3.63) is 126 Å². The maximum atomic E-state index is 14.5. The second kappa shape index (κ2) is 16.1. The lowest BCUT2D eigenvalue weighted by Gasteiger charge is -2.34. The summed E-state index contributed by atoms with van der Waals surface area (Å²) in [6.45, 7) is 7.80. The predicted octanol–water partition coefficient (Wildman–Crippen LogP) is 6.14. The van der Waals surface area contributed by atoms with E-state index in [4.69, 9.17) is 4.74 Å². The topological polar surface area (TPSA) is 96.0 Å². The van der Waals surface area contributed by atoms with E-state index in [-0.39, 0.29) is 29.8 Å². The van der Waals surface area contributed by atoms with Crippen molar-refractivity contribution in [1.29, 1.82) is 0 Å². The normalized spacial score (nSPS) is 12.5. The zero-order valence-corrected chi connectivity index (χ0v) is 27.7. The first-order chi connectivity index (χ1) is 22.1. The summed E-state index contributed by atoms with van der Waals surface area (Å²) >= 11 is 0. The largest absolute Gasteiger partial charge is 0.494 e. The van der Waals surface area contributed by atoms with Gasteiger partial charge < -0.3 is 15.0 Å². The van der Waals surface area contributed by atoms with Crippen molar-refractivity contribution in [3.63, 3.8) is 0 Å². The lowest BCUT2D eigenvalue weighted by atomic mass is 10.0. The van der Waals surface area contributed by atoms with Gasteiger partial charge in [0, 0.05) is 19.0 Å². The molecule has 0 spiro atoms.